The lowest BCUT2D eigenvalue weighted by Crippen LogP contribution is -2.47. The SMILES string of the molecule is O=C(NCc1ccc(N2CCOCC2)cc1)C(c1ccccc1)N1CCS(=O)(=O)CC1. The van der Waals surface area contributed by atoms with Crippen LogP contribution in [0, 0.1) is 0 Å². The molecular weight excluding hydrogens is 414 g/mol. The molecule has 1 amide bonds. The zero-order valence-corrected chi connectivity index (χ0v) is 18.4. The average molecular weight is 444 g/mol. The molecule has 1 atom stereocenters. The van der Waals surface area contributed by atoms with Crippen LogP contribution in [0.1, 0.15) is 17.2 Å². The molecule has 4 rings (SSSR count). The number of hydrogen-bond donors (Lipinski definition) is 1. The van der Waals surface area contributed by atoms with E-state index >= 15 is 0 Å². The van der Waals surface area contributed by atoms with Crippen molar-refractivity contribution in [1.82, 2.24) is 10.2 Å². The fourth-order valence-electron chi connectivity index (χ4n) is 4.08. The van der Waals surface area contributed by atoms with Crippen LogP contribution in [0.5, 0.6) is 0 Å². The molecule has 2 heterocycles. The van der Waals surface area contributed by atoms with Crippen molar-refractivity contribution in [1.29, 1.82) is 0 Å². The number of rotatable bonds is 6. The number of morpholine rings is 1. The fraction of sp³-hybridized carbons (Fsp3) is 0.435. The summed E-state index contributed by atoms with van der Waals surface area (Å²) in [6, 6.07) is 17.3. The van der Waals surface area contributed by atoms with Gasteiger partial charge in [-0.25, -0.2) is 8.42 Å². The molecule has 1 N–H and O–H groups in total. The van der Waals surface area contributed by atoms with E-state index < -0.39 is 15.9 Å². The van der Waals surface area contributed by atoms with Gasteiger partial charge in [-0.05, 0) is 23.3 Å². The van der Waals surface area contributed by atoms with Crippen molar-refractivity contribution in [3.8, 4) is 0 Å². The number of carbonyl (C=O) groups excluding carboxylic acids is 1. The van der Waals surface area contributed by atoms with Crippen molar-refractivity contribution >= 4 is 21.4 Å². The highest BCUT2D eigenvalue weighted by Crippen LogP contribution is 2.23. The van der Waals surface area contributed by atoms with Gasteiger partial charge >= 0.3 is 0 Å². The smallest absolute Gasteiger partial charge is 0.242 e. The second-order valence-corrected chi connectivity index (χ2v) is 10.3. The summed E-state index contributed by atoms with van der Waals surface area (Å²) < 4.78 is 29.1. The van der Waals surface area contributed by atoms with Gasteiger partial charge in [0.25, 0.3) is 0 Å². The van der Waals surface area contributed by atoms with Gasteiger partial charge in [0.15, 0.2) is 9.84 Å². The van der Waals surface area contributed by atoms with Gasteiger partial charge in [0.05, 0.1) is 24.7 Å². The van der Waals surface area contributed by atoms with Crippen LogP contribution in [-0.2, 0) is 25.9 Å². The molecule has 2 saturated heterocycles. The van der Waals surface area contributed by atoms with E-state index in [-0.39, 0.29) is 17.4 Å². The van der Waals surface area contributed by atoms with Crippen LogP contribution in [-0.4, -0.2) is 70.1 Å². The molecule has 166 valence electrons. The first-order valence-electron chi connectivity index (χ1n) is 10.7. The summed E-state index contributed by atoms with van der Waals surface area (Å²) >= 11 is 0. The number of nitrogens with one attached hydrogen (secondary N) is 1. The Morgan fingerprint density at radius 2 is 1.58 bits per heavy atom. The molecule has 7 nitrogen and oxygen atoms in total. The molecule has 31 heavy (non-hydrogen) atoms. The van der Waals surface area contributed by atoms with Crippen molar-refractivity contribution in [2.45, 2.75) is 12.6 Å². The number of ether oxygens (including phenoxy) is 1. The van der Waals surface area contributed by atoms with Crippen molar-refractivity contribution in [2.24, 2.45) is 0 Å². The third-order valence-corrected chi connectivity index (χ3v) is 7.50. The van der Waals surface area contributed by atoms with E-state index in [4.69, 9.17) is 4.74 Å². The lowest BCUT2D eigenvalue weighted by molar-refractivity contribution is -0.126. The largest absolute Gasteiger partial charge is 0.378 e. The normalized spacial score (nSPS) is 20.2. The van der Waals surface area contributed by atoms with Gasteiger partial charge in [0.1, 0.15) is 6.04 Å². The maximum atomic E-state index is 13.2. The minimum absolute atomic E-state index is 0.0899. The summed E-state index contributed by atoms with van der Waals surface area (Å²) in [5.74, 6) is 0.0712. The van der Waals surface area contributed by atoms with E-state index in [2.05, 4.69) is 22.3 Å². The van der Waals surface area contributed by atoms with Crippen molar-refractivity contribution < 1.29 is 17.9 Å². The van der Waals surface area contributed by atoms with Crippen molar-refractivity contribution in [3.05, 3.63) is 65.7 Å². The summed E-state index contributed by atoms with van der Waals surface area (Å²) in [6.45, 7) is 4.43. The molecule has 0 radical (unpaired) electrons. The van der Waals surface area contributed by atoms with Gasteiger partial charge in [-0.2, -0.15) is 0 Å². The summed E-state index contributed by atoms with van der Waals surface area (Å²) in [7, 11) is -3.01. The van der Waals surface area contributed by atoms with Gasteiger partial charge in [-0.1, -0.05) is 42.5 Å². The van der Waals surface area contributed by atoms with Gasteiger partial charge in [0.2, 0.25) is 5.91 Å². The second-order valence-electron chi connectivity index (χ2n) is 7.98. The molecular formula is C23H29N3O4S. The number of hydrogen-bond acceptors (Lipinski definition) is 6. The van der Waals surface area contributed by atoms with Gasteiger partial charge in [0, 0.05) is 38.4 Å². The Kier molecular flexibility index (Phi) is 6.89. The molecule has 2 aromatic rings. The average Bonchev–Trinajstić information content (AvgIpc) is 2.80. The molecule has 8 heteroatoms. The topological polar surface area (TPSA) is 79.0 Å². The van der Waals surface area contributed by atoms with E-state index in [0.29, 0.717) is 19.6 Å². The van der Waals surface area contributed by atoms with Crippen molar-refractivity contribution in [2.75, 3.05) is 55.8 Å². The molecule has 2 aliphatic rings. The van der Waals surface area contributed by atoms with Gasteiger partial charge in [-0.15, -0.1) is 0 Å². The maximum absolute atomic E-state index is 13.2. The first kappa shape index (κ1) is 21.8. The predicted molar refractivity (Wildman–Crippen MR) is 121 cm³/mol. The number of amides is 1. The fourth-order valence-corrected chi connectivity index (χ4v) is 5.31. The van der Waals surface area contributed by atoms with Crippen LogP contribution < -0.4 is 10.2 Å². The van der Waals surface area contributed by atoms with E-state index in [1.807, 2.05) is 47.4 Å². The number of carbonyl (C=O) groups is 1. The Morgan fingerprint density at radius 1 is 0.935 bits per heavy atom. The van der Waals surface area contributed by atoms with Crippen LogP contribution in [0.4, 0.5) is 5.69 Å². The van der Waals surface area contributed by atoms with E-state index in [0.717, 1.165) is 43.1 Å². The van der Waals surface area contributed by atoms with E-state index in [1.165, 1.54) is 0 Å². The first-order chi connectivity index (χ1) is 15.0. The molecule has 0 bridgehead atoms. The Labute approximate surface area is 183 Å². The standard InChI is InChI=1S/C23H29N3O4S/c27-23(24-18-19-6-8-21(9-7-19)25-10-14-30-15-11-25)22(20-4-2-1-3-5-20)26-12-16-31(28,29)17-13-26/h1-9,22H,10-18H2,(H,24,27). The first-order valence-corrected chi connectivity index (χ1v) is 12.5. The van der Waals surface area contributed by atoms with Crippen LogP contribution in [0.3, 0.4) is 0 Å². The quantitative estimate of drug-likeness (QED) is 0.731. The Morgan fingerprint density at radius 3 is 2.23 bits per heavy atom. The summed E-state index contributed by atoms with van der Waals surface area (Å²) in [5.41, 5.74) is 3.07. The Hall–Kier alpha value is -2.42. The molecule has 2 aliphatic heterocycles. The minimum Gasteiger partial charge on any atom is -0.378 e. The molecule has 0 aliphatic carbocycles. The van der Waals surface area contributed by atoms with Crippen LogP contribution in [0.25, 0.3) is 0 Å². The minimum atomic E-state index is -3.01. The lowest BCUT2D eigenvalue weighted by atomic mass is 10.0. The number of nitrogens with zero attached hydrogens (tertiary/aromatic N) is 2. The van der Waals surface area contributed by atoms with Crippen LogP contribution in [0.15, 0.2) is 54.6 Å². The zero-order valence-electron chi connectivity index (χ0n) is 17.6. The Bertz CT molecular complexity index is 960. The predicted octanol–water partition coefficient (Wildman–Crippen LogP) is 1.61. The number of anilines is 1. The maximum Gasteiger partial charge on any atom is 0.242 e. The van der Waals surface area contributed by atoms with Crippen molar-refractivity contribution in [3.63, 3.8) is 0 Å². The number of benzene rings is 2. The van der Waals surface area contributed by atoms with E-state index in [1.54, 1.807) is 0 Å². The van der Waals surface area contributed by atoms with E-state index in [9.17, 15) is 13.2 Å². The highest BCUT2D eigenvalue weighted by atomic mass is 32.2. The molecule has 0 spiro atoms. The number of sulfone groups is 1. The molecule has 1 unspecified atom stereocenters. The van der Waals surface area contributed by atoms with Gasteiger partial charge < -0.3 is 15.0 Å². The third-order valence-electron chi connectivity index (χ3n) is 5.89. The summed E-state index contributed by atoms with van der Waals surface area (Å²) in [4.78, 5) is 17.4. The van der Waals surface area contributed by atoms with Crippen LogP contribution >= 0.6 is 0 Å². The highest BCUT2D eigenvalue weighted by Gasteiger charge is 2.32. The van der Waals surface area contributed by atoms with Gasteiger partial charge in [-0.3, -0.25) is 9.69 Å². The second kappa shape index (κ2) is 9.80. The molecule has 2 fully saturated rings. The monoisotopic (exact) mass is 443 g/mol. The third kappa shape index (κ3) is 5.64. The summed E-state index contributed by atoms with van der Waals surface area (Å²) in [6.07, 6.45) is 0. The lowest BCUT2D eigenvalue weighted by Gasteiger charge is -2.33. The zero-order chi connectivity index (χ0) is 21.7. The van der Waals surface area contributed by atoms with Crippen LogP contribution in [0.2, 0.25) is 0 Å². The Balaban J connectivity index is 1.41. The molecule has 2 aromatic carbocycles. The summed E-state index contributed by atoms with van der Waals surface area (Å²) in [5, 5.41) is 3.05. The molecule has 0 saturated carbocycles. The highest BCUT2D eigenvalue weighted by molar-refractivity contribution is 7.91. The molecule has 0 aromatic heterocycles.